The van der Waals surface area contributed by atoms with Crippen LogP contribution in [0.25, 0.3) is 16.6 Å². The third-order valence-electron chi connectivity index (χ3n) is 6.09. The van der Waals surface area contributed by atoms with Crippen LogP contribution in [-0.2, 0) is 16.2 Å². The number of alkyl halides is 5. The molecule has 0 atom stereocenters. The van der Waals surface area contributed by atoms with Crippen LogP contribution < -0.4 is 5.32 Å². The minimum atomic E-state index is -4.58. The van der Waals surface area contributed by atoms with E-state index in [2.05, 4.69) is 10.4 Å². The van der Waals surface area contributed by atoms with Crippen LogP contribution in [0.15, 0.2) is 71.8 Å². The highest BCUT2D eigenvalue weighted by molar-refractivity contribution is 7.89. The fraction of sp³-hybridized carbons (Fsp3) is 0.231. The Hall–Kier alpha value is -3.92. The first kappa shape index (κ1) is 30.0. The van der Waals surface area contributed by atoms with Gasteiger partial charge in [0.15, 0.2) is 0 Å². The maximum atomic E-state index is 13.9. The van der Waals surface area contributed by atoms with Crippen molar-refractivity contribution in [3.8, 4) is 11.1 Å². The Morgan fingerprint density at radius 2 is 1.63 bits per heavy atom. The average molecular weight is 599 g/mol. The van der Waals surface area contributed by atoms with E-state index in [4.69, 9.17) is 0 Å². The Balaban J connectivity index is 1.69. The number of nitrogens with one attached hydrogen (secondary N) is 1. The predicted molar refractivity (Wildman–Crippen MR) is 138 cm³/mol. The van der Waals surface area contributed by atoms with Crippen molar-refractivity contribution in [3.05, 3.63) is 83.7 Å². The molecule has 0 aliphatic carbocycles. The van der Waals surface area contributed by atoms with Crippen LogP contribution in [0, 0.1) is 0 Å². The fourth-order valence-corrected chi connectivity index (χ4v) is 5.59. The molecule has 218 valence electrons. The number of aliphatic hydroxyl groups excluding tert-OH is 2. The maximum Gasteiger partial charge on any atom is 0.416 e. The largest absolute Gasteiger partial charge is 0.416 e. The fourth-order valence-electron chi connectivity index (χ4n) is 4.12. The second kappa shape index (κ2) is 11.9. The molecule has 0 fully saturated rings. The van der Waals surface area contributed by atoms with E-state index in [1.54, 1.807) is 0 Å². The molecule has 0 radical (unpaired) electrons. The number of benzene rings is 2. The number of aliphatic hydroxyl groups is 2. The highest BCUT2D eigenvalue weighted by Gasteiger charge is 2.30. The number of halogens is 5. The monoisotopic (exact) mass is 598 g/mol. The maximum absolute atomic E-state index is 13.9. The van der Waals surface area contributed by atoms with Crippen molar-refractivity contribution in [1.29, 1.82) is 0 Å². The van der Waals surface area contributed by atoms with Crippen molar-refractivity contribution in [3.63, 3.8) is 0 Å². The molecular formula is C26H23F5N4O5S. The zero-order chi connectivity index (χ0) is 29.9. The highest BCUT2D eigenvalue weighted by atomic mass is 32.2. The van der Waals surface area contributed by atoms with Gasteiger partial charge in [0.25, 0.3) is 12.3 Å². The summed E-state index contributed by atoms with van der Waals surface area (Å²) in [6.07, 6.45) is -6.58. The smallest absolute Gasteiger partial charge is 0.395 e. The topological polar surface area (TPSA) is 124 Å². The lowest BCUT2D eigenvalue weighted by Crippen LogP contribution is -2.35. The normalized spacial score (nSPS) is 12.4. The van der Waals surface area contributed by atoms with Crippen LogP contribution in [0.5, 0.6) is 0 Å². The number of amides is 1. The molecule has 3 N–H and O–H groups in total. The third-order valence-corrected chi connectivity index (χ3v) is 7.98. The van der Waals surface area contributed by atoms with E-state index >= 15 is 0 Å². The minimum Gasteiger partial charge on any atom is -0.395 e. The molecule has 0 saturated heterocycles. The zero-order valence-electron chi connectivity index (χ0n) is 21.0. The van der Waals surface area contributed by atoms with E-state index in [-0.39, 0.29) is 45.9 Å². The zero-order valence-corrected chi connectivity index (χ0v) is 21.8. The molecule has 0 aliphatic rings. The number of sulfonamides is 1. The molecule has 0 aliphatic heterocycles. The molecule has 0 saturated carbocycles. The predicted octanol–water partition coefficient (Wildman–Crippen LogP) is 4.19. The van der Waals surface area contributed by atoms with Crippen molar-refractivity contribution in [2.24, 2.45) is 0 Å². The number of anilines is 1. The van der Waals surface area contributed by atoms with Gasteiger partial charge >= 0.3 is 6.18 Å². The van der Waals surface area contributed by atoms with Crippen LogP contribution in [0.3, 0.4) is 0 Å². The molecule has 1 amide bonds. The first-order valence-corrected chi connectivity index (χ1v) is 13.4. The van der Waals surface area contributed by atoms with Crippen LogP contribution in [0.4, 0.5) is 27.6 Å². The first-order valence-electron chi connectivity index (χ1n) is 12.0. The number of aromatic nitrogens is 2. The van der Waals surface area contributed by atoms with Crippen molar-refractivity contribution in [2.45, 2.75) is 17.5 Å². The summed E-state index contributed by atoms with van der Waals surface area (Å²) >= 11 is 0. The highest BCUT2D eigenvalue weighted by Crippen LogP contribution is 2.33. The number of nitrogens with zero attached hydrogens (tertiary/aromatic N) is 3. The summed E-state index contributed by atoms with van der Waals surface area (Å²) in [6.45, 7) is -1.51. The summed E-state index contributed by atoms with van der Waals surface area (Å²) < 4.78 is 94.3. The number of carbonyl (C=O) groups is 1. The van der Waals surface area contributed by atoms with Crippen molar-refractivity contribution in [1.82, 2.24) is 13.9 Å². The molecular weight excluding hydrogens is 575 g/mol. The molecule has 2 aromatic heterocycles. The quantitative estimate of drug-likeness (QED) is 0.235. The van der Waals surface area contributed by atoms with Gasteiger partial charge in [-0.25, -0.2) is 21.7 Å². The summed E-state index contributed by atoms with van der Waals surface area (Å²) in [6, 6.07) is 11.4. The van der Waals surface area contributed by atoms with E-state index in [0.717, 1.165) is 51.4 Å². The minimum absolute atomic E-state index is 0.0383. The third kappa shape index (κ3) is 6.37. The van der Waals surface area contributed by atoms with E-state index in [1.807, 2.05) is 0 Å². The summed E-state index contributed by atoms with van der Waals surface area (Å²) in [5.74, 6) is -0.818. The summed E-state index contributed by atoms with van der Waals surface area (Å²) in [5.41, 5.74) is -1.37. The molecule has 0 spiro atoms. The molecule has 41 heavy (non-hydrogen) atoms. The van der Waals surface area contributed by atoms with Crippen LogP contribution in [-0.4, -0.2) is 64.8 Å². The molecule has 4 aromatic rings. The van der Waals surface area contributed by atoms with Gasteiger partial charge in [-0.3, -0.25) is 4.79 Å². The lowest BCUT2D eigenvalue weighted by molar-refractivity contribution is -0.137. The van der Waals surface area contributed by atoms with Crippen molar-refractivity contribution < 1.29 is 45.4 Å². The molecule has 0 unspecified atom stereocenters. The lowest BCUT2D eigenvalue weighted by atomic mass is 10.0. The molecule has 2 aromatic carbocycles. The lowest BCUT2D eigenvalue weighted by Gasteiger charge is -2.20. The Morgan fingerprint density at radius 1 is 0.976 bits per heavy atom. The van der Waals surface area contributed by atoms with Gasteiger partial charge in [-0.2, -0.15) is 22.6 Å². The average Bonchev–Trinajstić information content (AvgIpc) is 3.36. The molecule has 15 heteroatoms. The van der Waals surface area contributed by atoms with Gasteiger partial charge in [-0.1, -0.05) is 18.2 Å². The summed E-state index contributed by atoms with van der Waals surface area (Å²) in [4.78, 5) is 12.9. The van der Waals surface area contributed by atoms with Crippen LogP contribution in [0.2, 0.25) is 0 Å². The van der Waals surface area contributed by atoms with Crippen molar-refractivity contribution in [2.75, 3.05) is 31.6 Å². The van der Waals surface area contributed by atoms with E-state index in [9.17, 15) is 45.4 Å². The van der Waals surface area contributed by atoms with E-state index in [1.165, 1.54) is 24.3 Å². The Morgan fingerprint density at radius 3 is 2.22 bits per heavy atom. The molecule has 4 rings (SSSR count). The number of pyridine rings is 1. The Kier molecular flexibility index (Phi) is 8.72. The van der Waals surface area contributed by atoms with Gasteiger partial charge in [0.2, 0.25) is 10.0 Å². The summed E-state index contributed by atoms with van der Waals surface area (Å²) in [7, 11) is -4.14. The number of carbonyl (C=O) groups excluding carboxylic acids is 1. The second-order valence-electron chi connectivity index (χ2n) is 8.73. The van der Waals surface area contributed by atoms with Crippen LogP contribution >= 0.6 is 0 Å². The van der Waals surface area contributed by atoms with Gasteiger partial charge in [0, 0.05) is 18.8 Å². The van der Waals surface area contributed by atoms with Crippen LogP contribution in [0.1, 0.15) is 28.0 Å². The molecule has 9 nitrogen and oxygen atoms in total. The molecule has 0 bridgehead atoms. The number of hydrogen-bond acceptors (Lipinski definition) is 6. The number of fused-ring (bicyclic) bond motifs is 1. The number of hydrogen-bond donors (Lipinski definition) is 3. The summed E-state index contributed by atoms with van der Waals surface area (Å²) in [5, 5.41) is 24.7. The SMILES string of the molecule is O=C(Nc1cccc(S(=O)(=O)N(CCO)CCO)c1)c1cnn2c(C(F)F)cc(-c3ccc(C(F)(F)F)cc3)cc12. The number of rotatable bonds is 10. The first-order chi connectivity index (χ1) is 19.4. The van der Waals surface area contributed by atoms with Gasteiger partial charge < -0.3 is 15.5 Å². The van der Waals surface area contributed by atoms with Crippen molar-refractivity contribution >= 4 is 27.1 Å². The standard InChI is InChI=1S/C26H23F5N4O5S/c27-24(28)23-13-17(16-4-6-18(7-5-16)26(29,30)31)12-22-21(15-32-35(22)23)25(38)33-19-2-1-3-20(14-19)41(39,40)34(8-10-36)9-11-37/h1-7,12-15,24,36-37H,8-11H2,(H,33,38). The molecule has 2 heterocycles. The Bertz CT molecular complexity index is 1650. The second-order valence-corrected chi connectivity index (χ2v) is 10.7. The van der Waals surface area contributed by atoms with Gasteiger partial charge in [0.1, 0.15) is 5.69 Å². The van der Waals surface area contributed by atoms with E-state index in [0.29, 0.717) is 0 Å². The van der Waals surface area contributed by atoms with Gasteiger partial charge in [-0.15, -0.1) is 0 Å². The Labute approximate surface area is 230 Å². The van der Waals surface area contributed by atoms with E-state index < -0.39 is 53.0 Å². The van der Waals surface area contributed by atoms with Gasteiger partial charge in [-0.05, 0) is 53.6 Å². The van der Waals surface area contributed by atoms with Gasteiger partial charge in [0.05, 0.1) is 40.9 Å².